The van der Waals surface area contributed by atoms with Gasteiger partial charge in [0.2, 0.25) is 17.7 Å². The monoisotopic (exact) mass is 469 g/mol. The first-order valence-corrected chi connectivity index (χ1v) is 11.1. The fraction of sp³-hybridized carbons (Fsp3) is 0.391. The Morgan fingerprint density at radius 1 is 1.00 bits per heavy atom. The summed E-state index contributed by atoms with van der Waals surface area (Å²) in [5.74, 6) is -2.13. The molecule has 4 rings (SSSR count). The fourth-order valence-corrected chi connectivity index (χ4v) is 4.56. The molecule has 2 fully saturated rings. The Morgan fingerprint density at radius 2 is 1.71 bits per heavy atom. The van der Waals surface area contributed by atoms with Gasteiger partial charge in [0.1, 0.15) is 12.1 Å². The average molecular weight is 469 g/mol. The van der Waals surface area contributed by atoms with E-state index in [1.807, 2.05) is 30.3 Å². The van der Waals surface area contributed by atoms with Crippen LogP contribution in [0, 0.1) is 5.92 Å². The molecule has 3 heterocycles. The summed E-state index contributed by atoms with van der Waals surface area (Å²) in [6.45, 7) is 1.83. The van der Waals surface area contributed by atoms with Crippen LogP contribution in [0.3, 0.4) is 0 Å². The topological polar surface area (TPSA) is 136 Å². The molecule has 2 aliphatic heterocycles. The fourth-order valence-electron chi connectivity index (χ4n) is 4.56. The van der Waals surface area contributed by atoms with Crippen LogP contribution >= 0.6 is 0 Å². The lowest BCUT2D eigenvalue weighted by atomic mass is 9.86. The van der Waals surface area contributed by atoms with Gasteiger partial charge in [-0.05, 0) is 18.2 Å². The van der Waals surface area contributed by atoms with Gasteiger partial charge in [0.15, 0.2) is 0 Å². The number of pyridine rings is 1. The van der Waals surface area contributed by atoms with Crippen molar-refractivity contribution >= 4 is 23.6 Å². The third kappa shape index (κ3) is 5.04. The van der Waals surface area contributed by atoms with Gasteiger partial charge in [-0.15, -0.1) is 0 Å². The molecule has 0 radical (unpaired) electrons. The second-order valence-electron chi connectivity index (χ2n) is 8.25. The highest BCUT2D eigenvalue weighted by molar-refractivity contribution is 5.92. The van der Waals surface area contributed by atoms with Crippen molar-refractivity contribution in [3.63, 3.8) is 0 Å². The molecular weight excluding hydrogens is 442 g/mol. The van der Waals surface area contributed by atoms with Crippen LogP contribution in [0.4, 0.5) is 10.5 Å². The van der Waals surface area contributed by atoms with Crippen LogP contribution in [-0.4, -0.2) is 87.9 Å². The summed E-state index contributed by atoms with van der Waals surface area (Å²) in [5, 5.41) is 19.2. The smallest absolute Gasteiger partial charge is 0.408 e. The maximum atomic E-state index is 13.5. The minimum absolute atomic E-state index is 0.0487. The van der Waals surface area contributed by atoms with Crippen LogP contribution in [0.2, 0.25) is 0 Å². The van der Waals surface area contributed by atoms with Crippen LogP contribution in [0.15, 0.2) is 54.7 Å². The first-order valence-electron chi connectivity index (χ1n) is 11.1. The van der Waals surface area contributed by atoms with Crippen molar-refractivity contribution in [1.29, 1.82) is 0 Å². The van der Waals surface area contributed by atoms with E-state index in [1.54, 1.807) is 28.6 Å². The number of piperazine rings is 1. The highest BCUT2D eigenvalue weighted by Gasteiger charge is 2.48. The Hall–Kier alpha value is -3.86. The highest BCUT2D eigenvalue weighted by atomic mass is 16.5. The number of rotatable bonds is 5. The van der Waals surface area contributed by atoms with Gasteiger partial charge in [0, 0.05) is 50.6 Å². The molecule has 3 unspecified atom stereocenters. The molecule has 180 valence electrons. The molecule has 2 aliphatic rings. The van der Waals surface area contributed by atoms with Crippen LogP contribution in [0.25, 0.3) is 0 Å². The van der Waals surface area contributed by atoms with Gasteiger partial charge in [0.25, 0.3) is 0 Å². The van der Waals surface area contributed by atoms with Gasteiger partial charge in [-0.2, -0.15) is 0 Å². The number of piperidine rings is 1. The van der Waals surface area contributed by atoms with E-state index in [-0.39, 0.29) is 18.8 Å². The molecular formula is C23H27N5O6. The third-order valence-electron chi connectivity index (χ3n) is 6.22. The van der Waals surface area contributed by atoms with Gasteiger partial charge in [-0.25, -0.2) is 15.3 Å². The van der Waals surface area contributed by atoms with E-state index < -0.39 is 36.0 Å². The number of amides is 3. The van der Waals surface area contributed by atoms with Crippen molar-refractivity contribution in [2.45, 2.75) is 18.6 Å². The SMILES string of the molecule is O=C(NO)C1CC(Oc2ccccn2)CN(C(=O)O)C1C(=O)N1CCN(c2ccccc2)CC1. The van der Waals surface area contributed by atoms with Crippen LogP contribution < -0.4 is 15.1 Å². The Labute approximate surface area is 196 Å². The number of nitrogens with zero attached hydrogens (tertiary/aromatic N) is 4. The molecule has 0 aliphatic carbocycles. The number of likely N-dealkylation sites (tertiary alicyclic amines) is 1. The summed E-state index contributed by atoms with van der Waals surface area (Å²) in [4.78, 5) is 46.9. The highest BCUT2D eigenvalue weighted by Crippen LogP contribution is 2.29. The van der Waals surface area contributed by atoms with E-state index in [0.29, 0.717) is 26.2 Å². The Bertz CT molecular complexity index is 999. The number of para-hydroxylation sites is 1. The number of carbonyl (C=O) groups is 3. The number of aromatic nitrogens is 1. The van der Waals surface area contributed by atoms with E-state index in [4.69, 9.17) is 4.74 Å². The predicted octanol–water partition coefficient (Wildman–Crippen LogP) is 1.05. The quantitative estimate of drug-likeness (QED) is 0.437. The molecule has 34 heavy (non-hydrogen) atoms. The first kappa shape index (κ1) is 23.3. The molecule has 2 aromatic rings. The van der Waals surface area contributed by atoms with E-state index in [9.17, 15) is 24.7 Å². The zero-order chi connectivity index (χ0) is 24.1. The van der Waals surface area contributed by atoms with Crippen LogP contribution in [0.1, 0.15) is 6.42 Å². The summed E-state index contributed by atoms with van der Waals surface area (Å²) < 4.78 is 5.79. The number of ether oxygens (including phenoxy) is 1. The van der Waals surface area contributed by atoms with E-state index in [1.165, 1.54) is 6.20 Å². The standard InChI is InChI=1S/C23H27N5O6/c29-21(25-33)18-14-17(34-19-8-4-5-9-24-19)15-28(23(31)32)20(18)22(30)27-12-10-26(11-13-27)16-6-2-1-3-7-16/h1-9,17-18,20,33H,10-15H2,(H,25,29)(H,31,32). The van der Waals surface area contributed by atoms with Gasteiger partial charge >= 0.3 is 6.09 Å². The lowest BCUT2D eigenvalue weighted by Gasteiger charge is -2.44. The molecule has 3 atom stereocenters. The molecule has 0 spiro atoms. The minimum atomic E-state index is -1.34. The lowest BCUT2D eigenvalue weighted by Crippen LogP contribution is -2.64. The molecule has 3 amide bonds. The van der Waals surface area contributed by atoms with Crippen LogP contribution in [-0.2, 0) is 9.59 Å². The summed E-state index contributed by atoms with van der Waals surface area (Å²) in [7, 11) is 0. The Kier molecular flexibility index (Phi) is 7.12. The maximum Gasteiger partial charge on any atom is 0.408 e. The molecule has 0 bridgehead atoms. The van der Waals surface area contributed by atoms with Gasteiger partial charge in [-0.1, -0.05) is 24.3 Å². The van der Waals surface area contributed by atoms with E-state index >= 15 is 0 Å². The summed E-state index contributed by atoms with van der Waals surface area (Å²) in [6.07, 6.45) is -0.474. The number of anilines is 1. The van der Waals surface area contributed by atoms with E-state index in [0.717, 1.165) is 10.6 Å². The zero-order valence-electron chi connectivity index (χ0n) is 18.5. The summed E-state index contributed by atoms with van der Waals surface area (Å²) in [6, 6.07) is 13.6. The first-order chi connectivity index (χ1) is 16.5. The van der Waals surface area contributed by atoms with Crippen molar-refractivity contribution < 1.29 is 29.4 Å². The summed E-state index contributed by atoms with van der Waals surface area (Å²) in [5.41, 5.74) is 2.63. The maximum absolute atomic E-state index is 13.5. The lowest BCUT2D eigenvalue weighted by molar-refractivity contribution is -0.150. The number of hydrogen-bond donors (Lipinski definition) is 3. The Morgan fingerprint density at radius 3 is 2.32 bits per heavy atom. The van der Waals surface area contributed by atoms with Gasteiger partial charge < -0.3 is 19.6 Å². The number of carbonyl (C=O) groups excluding carboxylic acids is 2. The number of nitrogens with one attached hydrogen (secondary N) is 1. The molecule has 1 aromatic heterocycles. The number of carboxylic acid groups (broad SMARTS) is 1. The van der Waals surface area contributed by atoms with Crippen molar-refractivity contribution in [3.8, 4) is 5.88 Å². The van der Waals surface area contributed by atoms with Crippen molar-refractivity contribution in [2.24, 2.45) is 5.92 Å². The van der Waals surface area contributed by atoms with Crippen molar-refractivity contribution in [2.75, 3.05) is 37.6 Å². The minimum Gasteiger partial charge on any atom is -0.472 e. The molecule has 11 heteroatoms. The zero-order valence-corrected chi connectivity index (χ0v) is 18.5. The predicted molar refractivity (Wildman–Crippen MR) is 120 cm³/mol. The van der Waals surface area contributed by atoms with Crippen LogP contribution in [0.5, 0.6) is 5.88 Å². The van der Waals surface area contributed by atoms with Gasteiger partial charge in [0.05, 0.1) is 12.5 Å². The number of benzene rings is 1. The number of hydroxylamine groups is 1. The molecule has 11 nitrogen and oxygen atoms in total. The average Bonchev–Trinajstić information content (AvgIpc) is 2.88. The van der Waals surface area contributed by atoms with Gasteiger partial charge in [-0.3, -0.25) is 19.7 Å². The van der Waals surface area contributed by atoms with Crippen molar-refractivity contribution in [3.05, 3.63) is 54.7 Å². The largest absolute Gasteiger partial charge is 0.472 e. The second kappa shape index (κ2) is 10.4. The molecule has 0 saturated carbocycles. The molecule has 3 N–H and O–H groups in total. The normalized spacial score (nSPS) is 22.7. The third-order valence-corrected chi connectivity index (χ3v) is 6.22. The molecule has 1 aromatic carbocycles. The van der Waals surface area contributed by atoms with E-state index in [2.05, 4.69) is 9.88 Å². The second-order valence-corrected chi connectivity index (χ2v) is 8.25. The Balaban J connectivity index is 1.50. The molecule has 2 saturated heterocycles. The van der Waals surface area contributed by atoms with Crippen molar-refractivity contribution in [1.82, 2.24) is 20.3 Å². The number of hydrogen-bond acceptors (Lipinski definition) is 7. The summed E-state index contributed by atoms with van der Waals surface area (Å²) >= 11 is 0.